The number of hydrogen-bond acceptors (Lipinski definition) is 7. The Morgan fingerprint density at radius 2 is 1.68 bits per heavy atom. The standard InChI is InChI=1S/C29H30ClN3O4S/c1-4-37-25-8-6-5-7-24(25)33-29(38-19-21-9-12-22(30)13-10-21)23(18-31)28(34)32-16-15-20-11-14-26(35-2)27(17-20)36-3/h5-14,17,33H,4,15-16,19H2,1-3H3,(H,32,34)/b29-23+. The van der Waals surface area contributed by atoms with E-state index in [1.807, 2.05) is 73.7 Å². The van der Waals surface area contributed by atoms with Crippen LogP contribution in [0.25, 0.3) is 0 Å². The minimum atomic E-state index is -0.465. The third kappa shape index (κ3) is 8.10. The predicted octanol–water partition coefficient (Wildman–Crippen LogP) is 6.20. The molecule has 198 valence electrons. The van der Waals surface area contributed by atoms with Crippen LogP contribution in [0.15, 0.2) is 77.3 Å². The Bertz CT molecular complexity index is 1310. The number of carbonyl (C=O) groups is 1. The summed E-state index contributed by atoms with van der Waals surface area (Å²) >= 11 is 7.37. The van der Waals surface area contributed by atoms with Gasteiger partial charge < -0.3 is 24.8 Å². The molecule has 0 aromatic heterocycles. The van der Waals surface area contributed by atoms with Gasteiger partial charge in [0.15, 0.2) is 11.5 Å². The van der Waals surface area contributed by atoms with E-state index < -0.39 is 5.91 Å². The van der Waals surface area contributed by atoms with E-state index in [0.29, 0.717) is 58.3 Å². The highest BCUT2D eigenvalue weighted by Crippen LogP contribution is 2.32. The Balaban J connectivity index is 1.80. The van der Waals surface area contributed by atoms with Crippen LogP contribution in [0, 0.1) is 11.3 Å². The first-order chi connectivity index (χ1) is 18.5. The maximum atomic E-state index is 13.1. The SMILES string of the molecule is CCOc1ccccc1N/C(SCc1ccc(Cl)cc1)=C(/C#N)C(=O)NCCc1ccc(OC)c(OC)c1. The molecule has 38 heavy (non-hydrogen) atoms. The maximum Gasteiger partial charge on any atom is 0.264 e. The summed E-state index contributed by atoms with van der Waals surface area (Å²) in [6.07, 6.45) is 0.554. The van der Waals surface area contributed by atoms with Gasteiger partial charge in [0.2, 0.25) is 0 Å². The van der Waals surface area contributed by atoms with E-state index in [0.717, 1.165) is 11.1 Å². The molecule has 0 saturated heterocycles. The largest absolute Gasteiger partial charge is 0.493 e. The number of halogens is 1. The van der Waals surface area contributed by atoms with Gasteiger partial charge in [0.1, 0.15) is 17.4 Å². The molecule has 0 aliphatic heterocycles. The summed E-state index contributed by atoms with van der Waals surface area (Å²) in [6.45, 7) is 2.72. The fraction of sp³-hybridized carbons (Fsp3) is 0.241. The van der Waals surface area contributed by atoms with Gasteiger partial charge in [-0.3, -0.25) is 4.79 Å². The van der Waals surface area contributed by atoms with E-state index in [1.165, 1.54) is 11.8 Å². The van der Waals surface area contributed by atoms with Crippen LogP contribution in [0.1, 0.15) is 18.1 Å². The Kier molecular flexibility index (Phi) is 11.2. The van der Waals surface area contributed by atoms with Crippen LogP contribution in [-0.2, 0) is 17.0 Å². The summed E-state index contributed by atoms with van der Waals surface area (Å²) < 4.78 is 16.4. The van der Waals surface area contributed by atoms with Gasteiger partial charge in [0, 0.05) is 17.3 Å². The lowest BCUT2D eigenvalue weighted by Gasteiger charge is -2.16. The zero-order chi connectivity index (χ0) is 27.3. The molecule has 0 aliphatic carbocycles. The van der Waals surface area contributed by atoms with Crippen molar-refractivity contribution in [2.45, 2.75) is 19.1 Å². The Morgan fingerprint density at radius 3 is 2.37 bits per heavy atom. The lowest BCUT2D eigenvalue weighted by molar-refractivity contribution is -0.117. The Hall–Kier alpha value is -3.80. The Labute approximate surface area is 232 Å². The average Bonchev–Trinajstić information content (AvgIpc) is 2.93. The highest BCUT2D eigenvalue weighted by Gasteiger charge is 2.18. The first-order valence-corrected chi connectivity index (χ1v) is 13.3. The summed E-state index contributed by atoms with van der Waals surface area (Å²) in [5, 5.41) is 17.2. The lowest BCUT2D eigenvalue weighted by Crippen LogP contribution is -2.28. The normalized spacial score (nSPS) is 11.1. The van der Waals surface area contributed by atoms with Crippen molar-refractivity contribution in [2.24, 2.45) is 0 Å². The molecule has 2 N–H and O–H groups in total. The van der Waals surface area contributed by atoms with Crippen LogP contribution < -0.4 is 24.8 Å². The van der Waals surface area contributed by atoms with E-state index in [2.05, 4.69) is 16.7 Å². The quantitative estimate of drug-likeness (QED) is 0.193. The van der Waals surface area contributed by atoms with Gasteiger partial charge in [-0.2, -0.15) is 5.26 Å². The molecule has 0 heterocycles. The summed E-state index contributed by atoms with van der Waals surface area (Å²) in [5.74, 6) is 1.95. The summed E-state index contributed by atoms with van der Waals surface area (Å²) in [7, 11) is 3.16. The maximum absolute atomic E-state index is 13.1. The van der Waals surface area contributed by atoms with Gasteiger partial charge >= 0.3 is 0 Å². The minimum absolute atomic E-state index is 0.0115. The molecule has 0 atom stereocenters. The number of rotatable bonds is 13. The Morgan fingerprint density at radius 1 is 0.974 bits per heavy atom. The van der Waals surface area contributed by atoms with Crippen molar-refractivity contribution in [1.29, 1.82) is 5.26 Å². The monoisotopic (exact) mass is 551 g/mol. The number of nitrogens with one attached hydrogen (secondary N) is 2. The third-order valence-corrected chi connectivity index (χ3v) is 6.77. The van der Waals surface area contributed by atoms with Crippen molar-refractivity contribution >= 4 is 35.0 Å². The fourth-order valence-corrected chi connectivity index (χ4v) is 4.62. The number of thioether (sulfide) groups is 1. The topological polar surface area (TPSA) is 92.6 Å². The summed E-state index contributed by atoms with van der Waals surface area (Å²) in [4.78, 5) is 13.1. The van der Waals surface area contributed by atoms with Crippen LogP contribution in [0.5, 0.6) is 17.2 Å². The number of benzene rings is 3. The lowest BCUT2D eigenvalue weighted by atomic mass is 10.1. The van der Waals surface area contributed by atoms with Crippen LogP contribution in [-0.4, -0.2) is 33.3 Å². The van der Waals surface area contributed by atoms with Gasteiger partial charge in [0.25, 0.3) is 5.91 Å². The van der Waals surface area contributed by atoms with Gasteiger partial charge in [-0.05, 0) is 60.9 Å². The van der Waals surface area contributed by atoms with E-state index in [4.69, 9.17) is 25.8 Å². The van der Waals surface area contributed by atoms with E-state index in [-0.39, 0.29) is 5.57 Å². The second kappa shape index (κ2) is 14.8. The number of anilines is 1. The molecule has 7 nitrogen and oxygen atoms in total. The van der Waals surface area contributed by atoms with Gasteiger partial charge in [-0.15, -0.1) is 11.8 Å². The summed E-state index contributed by atoms with van der Waals surface area (Å²) in [5.41, 5.74) is 2.62. The van der Waals surface area contributed by atoms with Crippen LogP contribution in [0.2, 0.25) is 5.02 Å². The van der Waals surface area contributed by atoms with Crippen LogP contribution in [0.3, 0.4) is 0 Å². The highest BCUT2D eigenvalue weighted by atomic mass is 35.5. The molecule has 0 spiro atoms. The number of para-hydroxylation sites is 2. The fourth-order valence-electron chi connectivity index (χ4n) is 3.53. The smallest absolute Gasteiger partial charge is 0.264 e. The summed E-state index contributed by atoms with van der Waals surface area (Å²) in [6, 6.07) is 22.5. The number of hydrogen-bond donors (Lipinski definition) is 2. The third-order valence-electron chi connectivity index (χ3n) is 5.44. The number of ether oxygens (including phenoxy) is 3. The van der Waals surface area contributed by atoms with Crippen molar-refractivity contribution in [3.63, 3.8) is 0 Å². The van der Waals surface area contributed by atoms with E-state index in [9.17, 15) is 10.1 Å². The second-order valence-electron chi connectivity index (χ2n) is 7.98. The zero-order valence-electron chi connectivity index (χ0n) is 21.5. The first-order valence-electron chi connectivity index (χ1n) is 12.0. The van der Waals surface area contributed by atoms with E-state index >= 15 is 0 Å². The molecule has 0 saturated carbocycles. The van der Waals surface area contributed by atoms with Crippen molar-refractivity contribution in [1.82, 2.24) is 5.32 Å². The predicted molar refractivity (Wildman–Crippen MR) is 153 cm³/mol. The molecule has 3 aromatic carbocycles. The van der Waals surface area contributed by atoms with Gasteiger partial charge in [-0.25, -0.2) is 0 Å². The zero-order valence-corrected chi connectivity index (χ0v) is 23.1. The van der Waals surface area contributed by atoms with Crippen molar-refractivity contribution in [2.75, 3.05) is 32.7 Å². The van der Waals surface area contributed by atoms with E-state index in [1.54, 1.807) is 14.2 Å². The first kappa shape index (κ1) is 28.8. The highest BCUT2D eigenvalue weighted by molar-refractivity contribution is 8.02. The molecule has 3 rings (SSSR count). The van der Waals surface area contributed by atoms with Gasteiger partial charge in [0.05, 0.1) is 31.5 Å². The molecule has 3 aromatic rings. The molecule has 0 unspecified atom stereocenters. The molecule has 1 amide bonds. The number of nitriles is 1. The van der Waals surface area contributed by atoms with Crippen molar-refractivity contribution in [3.8, 4) is 23.3 Å². The molecular formula is C29H30ClN3O4S. The molecule has 0 bridgehead atoms. The van der Waals surface area contributed by atoms with Crippen LogP contribution in [0.4, 0.5) is 5.69 Å². The molecule has 0 radical (unpaired) electrons. The molecule has 0 aliphatic rings. The number of nitrogens with zero attached hydrogens (tertiary/aromatic N) is 1. The number of methoxy groups -OCH3 is 2. The average molecular weight is 552 g/mol. The second-order valence-corrected chi connectivity index (χ2v) is 9.40. The number of carbonyl (C=O) groups excluding carboxylic acids is 1. The minimum Gasteiger partial charge on any atom is -0.493 e. The van der Waals surface area contributed by atoms with Crippen LogP contribution >= 0.6 is 23.4 Å². The van der Waals surface area contributed by atoms with Gasteiger partial charge in [-0.1, -0.05) is 41.9 Å². The molecule has 0 fully saturated rings. The van der Waals surface area contributed by atoms with Crippen molar-refractivity contribution < 1.29 is 19.0 Å². The molecular weight excluding hydrogens is 522 g/mol. The number of amides is 1. The van der Waals surface area contributed by atoms with Crippen molar-refractivity contribution in [3.05, 3.63) is 93.5 Å². The molecule has 9 heteroatoms.